The zero-order valence-corrected chi connectivity index (χ0v) is 20.3. The van der Waals surface area contributed by atoms with Crippen molar-refractivity contribution in [1.82, 2.24) is 15.0 Å². The van der Waals surface area contributed by atoms with E-state index in [0.717, 1.165) is 42.1 Å². The Morgan fingerprint density at radius 1 is 1.13 bits per heavy atom. The second-order valence-corrected chi connectivity index (χ2v) is 10.0. The van der Waals surface area contributed by atoms with Gasteiger partial charge in [0.15, 0.2) is 0 Å². The largest absolute Gasteiger partial charge is 0.487 e. The molecule has 0 radical (unpaired) electrons. The number of carboxylic acids is 1. The number of H-pyrrole nitrogens is 1. The van der Waals surface area contributed by atoms with Gasteiger partial charge in [0.2, 0.25) is 0 Å². The third kappa shape index (κ3) is 4.55. The van der Waals surface area contributed by atoms with Crippen molar-refractivity contribution < 1.29 is 27.8 Å². The number of nitrogens with zero attached hydrogens (tertiary/aromatic N) is 3. The third-order valence-electron chi connectivity index (χ3n) is 7.56. The highest BCUT2D eigenvalue weighted by Gasteiger charge is 2.43. The van der Waals surface area contributed by atoms with E-state index in [0.29, 0.717) is 36.4 Å². The van der Waals surface area contributed by atoms with Gasteiger partial charge in [-0.25, -0.2) is 9.97 Å². The zero-order valence-electron chi connectivity index (χ0n) is 20.3. The summed E-state index contributed by atoms with van der Waals surface area (Å²) in [5.74, 6) is 1.12. The van der Waals surface area contributed by atoms with Crippen molar-refractivity contribution in [3.05, 3.63) is 71.9 Å². The van der Waals surface area contributed by atoms with Crippen LogP contribution in [0.3, 0.4) is 0 Å². The number of aromatic nitrogens is 3. The first-order valence-electron chi connectivity index (χ1n) is 12.5. The van der Waals surface area contributed by atoms with Crippen LogP contribution in [-0.2, 0) is 11.0 Å². The van der Waals surface area contributed by atoms with Crippen LogP contribution >= 0.6 is 0 Å². The van der Waals surface area contributed by atoms with Gasteiger partial charge in [0, 0.05) is 43.6 Å². The van der Waals surface area contributed by atoms with Gasteiger partial charge in [0.05, 0.1) is 23.0 Å². The molecule has 7 nitrogen and oxygen atoms in total. The average Bonchev–Trinajstić information content (AvgIpc) is 3.32. The van der Waals surface area contributed by atoms with Gasteiger partial charge in [-0.1, -0.05) is 18.2 Å². The molecular formula is C28H25F3N4O3. The first-order chi connectivity index (χ1) is 18.2. The molecular weight excluding hydrogens is 497 g/mol. The minimum absolute atomic E-state index is 0.0775. The van der Waals surface area contributed by atoms with Crippen LogP contribution in [0.5, 0.6) is 5.75 Å². The van der Waals surface area contributed by atoms with Crippen LogP contribution in [0, 0.1) is 0 Å². The number of benzene rings is 2. The summed E-state index contributed by atoms with van der Waals surface area (Å²) in [4.78, 5) is 25.7. The number of anilines is 1. The van der Waals surface area contributed by atoms with E-state index in [1.165, 1.54) is 6.07 Å². The second kappa shape index (κ2) is 9.04. The molecule has 0 aliphatic carbocycles. The van der Waals surface area contributed by atoms with E-state index in [4.69, 9.17) is 4.74 Å². The fraction of sp³-hybridized carbons (Fsp3) is 0.321. The predicted octanol–water partition coefficient (Wildman–Crippen LogP) is 6.02. The van der Waals surface area contributed by atoms with Gasteiger partial charge in [-0.2, -0.15) is 13.2 Å². The molecule has 1 spiro atoms. The SMILES string of the molecule is O=C(O)CC1CC2(CCN(c3ccc(-c4nc5cc(C(F)(F)F)ccc5[nH]4)cn3)CC2)Oc2ccccc21. The lowest BCUT2D eigenvalue weighted by Crippen LogP contribution is -2.50. The number of carboxylic acid groups (broad SMARTS) is 1. The van der Waals surface area contributed by atoms with Crippen molar-refractivity contribution in [2.24, 2.45) is 0 Å². The van der Waals surface area contributed by atoms with E-state index in [-0.39, 0.29) is 17.9 Å². The molecule has 4 aromatic rings. The summed E-state index contributed by atoms with van der Waals surface area (Å²) in [7, 11) is 0. The number of hydrogen-bond acceptors (Lipinski definition) is 5. The molecule has 1 atom stereocenters. The standard InChI is InChI=1S/C28H25F3N4O3/c29-28(30,31)19-6-7-21-22(14-19)34-26(33-21)17-5-8-24(32-16-17)35-11-9-27(10-12-35)15-18(13-25(36)37)20-3-1-2-4-23(20)38-27/h1-8,14,16,18H,9-13,15H2,(H,33,34)(H,36,37). The Hall–Kier alpha value is -4.08. The number of alkyl halides is 3. The van der Waals surface area contributed by atoms with E-state index in [9.17, 15) is 23.1 Å². The van der Waals surface area contributed by atoms with Crippen LogP contribution in [0.1, 0.15) is 42.7 Å². The van der Waals surface area contributed by atoms with Gasteiger partial charge in [0.1, 0.15) is 23.0 Å². The molecule has 0 saturated carbocycles. The van der Waals surface area contributed by atoms with Crippen molar-refractivity contribution in [1.29, 1.82) is 0 Å². The first kappa shape index (κ1) is 24.3. The Balaban J connectivity index is 1.16. The molecule has 10 heteroatoms. The maximum atomic E-state index is 13.0. The number of pyridine rings is 1. The molecule has 1 unspecified atom stereocenters. The number of piperidine rings is 1. The molecule has 4 heterocycles. The van der Waals surface area contributed by atoms with Crippen molar-refractivity contribution in [2.45, 2.75) is 43.4 Å². The fourth-order valence-electron chi connectivity index (χ4n) is 5.62. The van der Waals surface area contributed by atoms with Gasteiger partial charge in [-0.15, -0.1) is 0 Å². The van der Waals surface area contributed by atoms with E-state index in [1.807, 2.05) is 36.4 Å². The summed E-state index contributed by atoms with van der Waals surface area (Å²) < 4.78 is 45.6. The van der Waals surface area contributed by atoms with E-state index in [1.54, 1.807) is 6.20 Å². The minimum atomic E-state index is -4.42. The number of ether oxygens (including phenoxy) is 1. The number of para-hydroxylation sites is 1. The Morgan fingerprint density at radius 2 is 1.92 bits per heavy atom. The highest BCUT2D eigenvalue weighted by atomic mass is 19.4. The third-order valence-corrected chi connectivity index (χ3v) is 7.56. The molecule has 196 valence electrons. The second-order valence-electron chi connectivity index (χ2n) is 10.0. The van der Waals surface area contributed by atoms with Crippen molar-refractivity contribution >= 4 is 22.8 Å². The molecule has 2 aliphatic rings. The topological polar surface area (TPSA) is 91.3 Å². The fourth-order valence-corrected chi connectivity index (χ4v) is 5.62. The van der Waals surface area contributed by atoms with Crippen molar-refractivity contribution in [3.8, 4) is 17.1 Å². The van der Waals surface area contributed by atoms with Gasteiger partial charge >= 0.3 is 12.1 Å². The Morgan fingerprint density at radius 3 is 2.63 bits per heavy atom. The summed E-state index contributed by atoms with van der Waals surface area (Å²) in [6, 6.07) is 14.9. The number of carbonyl (C=O) groups is 1. The lowest BCUT2D eigenvalue weighted by atomic mass is 9.76. The summed E-state index contributed by atoms with van der Waals surface area (Å²) in [5, 5.41) is 9.45. The predicted molar refractivity (Wildman–Crippen MR) is 135 cm³/mol. The molecule has 1 saturated heterocycles. The van der Waals surface area contributed by atoms with Crippen LogP contribution in [0.2, 0.25) is 0 Å². The quantitative estimate of drug-likeness (QED) is 0.340. The number of nitrogens with one attached hydrogen (secondary N) is 1. The van der Waals surface area contributed by atoms with E-state index >= 15 is 0 Å². The van der Waals surface area contributed by atoms with Crippen LogP contribution < -0.4 is 9.64 Å². The number of hydrogen-bond donors (Lipinski definition) is 2. The number of fused-ring (bicyclic) bond motifs is 2. The molecule has 2 aliphatic heterocycles. The monoisotopic (exact) mass is 522 g/mol. The summed E-state index contributed by atoms with van der Waals surface area (Å²) >= 11 is 0. The molecule has 0 amide bonds. The van der Waals surface area contributed by atoms with Gasteiger partial charge < -0.3 is 19.7 Å². The molecule has 2 N–H and O–H groups in total. The molecule has 2 aromatic heterocycles. The summed E-state index contributed by atoms with van der Waals surface area (Å²) in [6.07, 6.45) is -0.532. The van der Waals surface area contributed by atoms with E-state index in [2.05, 4.69) is 19.9 Å². The van der Waals surface area contributed by atoms with E-state index < -0.39 is 23.3 Å². The molecule has 6 rings (SSSR count). The molecule has 0 bridgehead atoms. The van der Waals surface area contributed by atoms with Gasteiger partial charge in [0.25, 0.3) is 0 Å². The molecule has 38 heavy (non-hydrogen) atoms. The highest BCUT2D eigenvalue weighted by Crippen LogP contribution is 2.46. The van der Waals surface area contributed by atoms with Crippen molar-refractivity contribution in [3.63, 3.8) is 0 Å². The minimum Gasteiger partial charge on any atom is -0.487 e. The van der Waals surface area contributed by atoms with Crippen LogP contribution in [0.15, 0.2) is 60.8 Å². The maximum Gasteiger partial charge on any atom is 0.416 e. The summed E-state index contributed by atoms with van der Waals surface area (Å²) in [5.41, 5.74) is 1.26. The average molecular weight is 523 g/mol. The Bertz CT molecular complexity index is 1490. The Labute approximate surface area is 216 Å². The first-order valence-corrected chi connectivity index (χ1v) is 12.5. The van der Waals surface area contributed by atoms with Gasteiger partial charge in [-0.05, 0) is 48.4 Å². The molecule has 1 fully saturated rings. The number of rotatable bonds is 4. The summed E-state index contributed by atoms with van der Waals surface area (Å²) in [6.45, 7) is 1.42. The number of aliphatic carboxylic acids is 1. The normalized spacial score (nSPS) is 18.8. The maximum absolute atomic E-state index is 13.0. The highest BCUT2D eigenvalue weighted by molar-refractivity contribution is 5.80. The number of imidazole rings is 1. The molecule has 2 aromatic carbocycles. The zero-order chi connectivity index (χ0) is 26.5. The van der Waals surface area contributed by atoms with Crippen LogP contribution in [0.25, 0.3) is 22.4 Å². The smallest absolute Gasteiger partial charge is 0.416 e. The number of aromatic amines is 1. The van der Waals surface area contributed by atoms with Crippen LogP contribution in [-0.4, -0.2) is 44.7 Å². The lowest BCUT2D eigenvalue weighted by molar-refractivity contribution is -0.138. The van der Waals surface area contributed by atoms with Crippen LogP contribution in [0.4, 0.5) is 19.0 Å². The number of halogens is 3. The van der Waals surface area contributed by atoms with Crippen molar-refractivity contribution in [2.75, 3.05) is 18.0 Å². The Kier molecular flexibility index (Phi) is 5.77. The lowest BCUT2D eigenvalue weighted by Gasteiger charge is -2.47. The van der Waals surface area contributed by atoms with Gasteiger partial charge in [-0.3, -0.25) is 4.79 Å².